The highest BCUT2D eigenvalue weighted by molar-refractivity contribution is 5.50. The van der Waals surface area contributed by atoms with Gasteiger partial charge in [-0.05, 0) is 93.4 Å². The summed E-state index contributed by atoms with van der Waals surface area (Å²) < 4.78 is 0. The molecule has 0 nitrogen and oxygen atoms in total. The Bertz CT molecular complexity index is 2350. The molecule has 0 spiro atoms. The summed E-state index contributed by atoms with van der Waals surface area (Å²) in [7, 11) is 0. The van der Waals surface area contributed by atoms with E-state index in [1.807, 2.05) is 6.07 Å². The van der Waals surface area contributed by atoms with E-state index in [0.29, 0.717) is 16.7 Å². The van der Waals surface area contributed by atoms with Crippen molar-refractivity contribution in [2.24, 2.45) is 0 Å². The Labute approximate surface area is 421 Å². The van der Waals surface area contributed by atoms with E-state index in [1.165, 1.54) is 63.8 Å². The molecule has 8 aromatic carbocycles. The Morgan fingerprint density at radius 3 is 0.768 bits per heavy atom. The van der Waals surface area contributed by atoms with Gasteiger partial charge in [0.1, 0.15) is 0 Å². The van der Waals surface area contributed by atoms with Crippen molar-refractivity contribution in [3.63, 3.8) is 0 Å². The van der Waals surface area contributed by atoms with E-state index < -0.39 is 0 Å². The van der Waals surface area contributed by atoms with Crippen LogP contribution in [-0.4, -0.2) is 0 Å². The van der Waals surface area contributed by atoms with Crippen molar-refractivity contribution in [2.45, 2.75) is 136 Å². The fraction of sp³-hybridized carbons (Fsp3) is 0.304. The first-order valence-electron chi connectivity index (χ1n) is 25.8. The zero-order chi connectivity index (χ0) is 50.0. The molecule has 0 aliphatic heterocycles. The molecule has 8 aromatic rings. The summed E-state index contributed by atoms with van der Waals surface area (Å²) in [6, 6.07) is 85.9. The number of rotatable bonds is 13. The molecule has 360 valence electrons. The van der Waals surface area contributed by atoms with E-state index in [2.05, 4.69) is 313 Å². The maximum atomic E-state index is 2.34. The minimum Gasteiger partial charge on any atom is -0.0646 e. The Balaban J connectivity index is 0.000000194. The first-order chi connectivity index (χ1) is 33.3. The van der Waals surface area contributed by atoms with Crippen LogP contribution in [0, 0.1) is 0 Å². The quantitative estimate of drug-likeness (QED) is 0.101. The smallest absolute Gasteiger partial charge is 0.0448 e. The Hall–Kier alpha value is -6.24. The van der Waals surface area contributed by atoms with Crippen LogP contribution < -0.4 is 0 Å². The molecule has 0 heteroatoms. The lowest BCUT2D eigenvalue weighted by atomic mass is 9.68. The lowest BCUT2D eigenvalue weighted by Crippen LogP contribution is -2.28. The fourth-order valence-corrected chi connectivity index (χ4v) is 8.90. The lowest BCUT2D eigenvalue weighted by Gasteiger charge is -2.35. The third-order valence-electron chi connectivity index (χ3n) is 14.8. The molecule has 0 saturated heterocycles. The predicted octanol–water partition coefficient (Wildman–Crippen LogP) is 19.8. The Kier molecular flexibility index (Phi) is 22.7. The minimum atomic E-state index is -0.0796. The second kappa shape index (κ2) is 28.3. The van der Waals surface area contributed by atoms with E-state index in [4.69, 9.17) is 0 Å². The third-order valence-corrected chi connectivity index (χ3v) is 14.8. The number of hydrogen-bond donors (Lipinski definition) is 0. The second-order valence-electron chi connectivity index (χ2n) is 19.6. The molecule has 8 rings (SSSR count). The monoisotopic (exact) mass is 913 g/mol. The summed E-state index contributed by atoms with van der Waals surface area (Å²) >= 11 is 0. The maximum Gasteiger partial charge on any atom is 0.0448 e. The first kappa shape index (κ1) is 55.4. The first-order valence-corrected chi connectivity index (χ1v) is 25.8. The van der Waals surface area contributed by atoms with Gasteiger partial charge in [-0.3, -0.25) is 0 Å². The molecule has 0 aromatic heterocycles. The van der Waals surface area contributed by atoms with Crippen LogP contribution in [0.15, 0.2) is 243 Å². The molecule has 0 aliphatic carbocycles. The summed E-state index contributed by atoms with van der Waals surface area (Å²) in [5.41, 5.74) is 11.9. The highest BCUT2D eigenvalue weighted by Gasteiger charge is 2.34. The van der Waals surface area contributed by atoms with Crippen molar-refractivity contribution in [1.82, 2.24) is 0 Å². The van der Waals surface area contributed by atoms with E-state index in [-0.39, 0.29) is 10.8 Å². The molecular formula is C69H84. The van der Waals surface area contributed by atoms with Gasteiger partial charge in [0.05, 0.1) is 0 Å². The van der Waals surface area contributed by atoms with Crippen molar-refractivity contribution < 1.29 is 0 Å². The normalized spacial score (nSPS) is 11.2. The van der Waals surface area contributed by atoms with Crippen LogP contribution >= 0.6 is 0 Å². The van der Waals surface area contributed by atoms with Gasteiger partial charge in [-0.2, -0.15) is 0 Å². The molecule has 0 atom stereocenters. The van der Waals surface area contributed by atoms with Gasteiger partial charge in [0.25, 0.3) is 0 Å². The molecule has 0 fully saturated rings. The molecular weight excluding hydrogens is 829 g/mol. The van der Waals surface area contributed by atoms with Gasteiger partial charge in [-0.1, -0.05) is 319 Å². The van der Waals surface area contributed by atoms with Gasteiger partial charge in [-0.25, -0.2) is 0 Å². The molecule has 0 aliphatic rings. The highest BCUT2D eigenvalue weighted by atomic mass is 14.4. The topological polar surface area (TPSA) is 0 Å². The summed E-state index contributed by atoms with van der Waals surface area (Å²) in [6.45, 7) is 24.9. The standard InChI is InChI=1S/C21H20.C16H18.C12H18.C11H16.C9H12/c1-2-21(18-12-6-3-7-13-18,19-14-8-4-9-15-19)20-16-10-5-11-17-20;1-3-16(2,14-10-6-4-7-11-14)15-12-8-5-9-13-15;1-4-12(3,5-2)11-9-7-6-8-10-11;1-4-11(2,3)10-8-6-5-7-9-10;1-8(2)9-6-4-3-5-7-9/h3-17H,2H2,1H3;4-13H,3H2,1-2H3;6-10H,4-5H2,1-3H3;5-9H,4H2,1-3H3;3-8H,1-2H3. The molecule has 0 amide bonds. The SMILES string of the molecule is CC(C)c1ccccc1.CCC(C)(C)c1ccccc1.CCC(C)(CC)c1ccccc1.CCC(C)(c1ccccc1)c1ccccc1.CCC(c1ccccc1)(c1ccccc1)c1ccccc1. The molecule has 0 heterocycles. The fourth-order valence-electron chi connectivity index (χ4n) is 8.90. The van der Waals surface area contributed by atoms with Crippen LogP contribution in [-0.2, 0) is 21.7 Å². The average Bonchev–Trinajstić information content (AvgIpc) is 3.43. The summed E-state index contributed by atoms with van der Waals surface area (Å²) in [5, 5.41) is 0. The van der Waals surface area contributed by atoms with Gasteiger partial charge in [0.2, 0.25) is 0 Å². The summed E-state index contributed by atoms with van der Waals surface area (Å²) in [6.07, 6.45) is 5.77. The van der Waals surface area contributed by atoms with E-state index in [0.717, 1.165) is 12.8 Å². The van der Waals surface area contributed by atoms with Crippen molar-refractivity contribution >= 4 is 0 Å². The zero-order valence-electron chi connectivity index (χ0n) is 44.2. The van der Waals surface area contributed by atoms with Crippen LogP contribution in [0.25, 0.3) is 0 Å². The largest absolute Gasteiger partial charge is 0.0646 e. The zero-order valence-corrected chi connectivity index (χ0v) is 44.2. The highest BCUT2D eigenvalue weighted by Crippen LogP contribution is 2.42. The lowest BCUT2D eigenvalue weighted by molar-refractivity contribution is 0.439. The average molecular weight is 913 g/mol. The predicted molar refractivity (Wildman–Crippen MR) is 304 cm³/mol. The van der Waals surface area contributed by atoms with Gasteiger partial charge in [0.15, 0.2) is 0 Å². The van der Waals surface area contributed by atoms with Crippen LogP contribution in [0.2, 0.25) is 0 Å². The third kappa shape index (κ3) is 15.6. The molecule has 0 saturated carbocycles. The Morgan fingerprint density at radius 1 is 0.275 bits per heavy atom. The van der Waals surface area contributed by atoms with Crippen molar-refractivity contribution in [2.75, 3.05) is 0 Å². The summed E-state index contributed by atoms with van der Waals surface area (Å²) in [5.74, 6) is 0.659. The molecule has 0 bridgehead atoms. The van der Waals surface area contributed by atoms with Gasteiger partial charge >= 0.3 is 0 Å². The minimum absolute atomic E-state index is 0.0796. The van der Waals surface area contributed by atoms with Crippen molar-refractivity contribution in [1.29, 1.82) is 0 Å². The molecule has 0 unspecified atom stereocenters. The van der Waals surface area contributed by atoms with Gasteiger partial charge in [-0.15, -0.1) is 0 Å². The van der Waals surface area contributed by atoms with Crippen molar-refractivity contribution in [3.8, 4) is 0 Å². The number of hydrogen-bond acceptors (Lipinski definition) is 0. The van der Waals surface area contributed by atoms with Gasteiger partial charge < -0.3 is 0 Å². The van der Waals surface area contributed by atoms with Crippen LogP contribution in [0.4, 0.5) is 0 Å². The van der Waals surface area contributed by atoms with E-state index >= 15 is 0 Å². The van der Waals surface area contributed by atoms with Gasteiger partial charge in [0, 0.05) is 10.8 Å². The molecule has 0 N–H and O–H groups in total. The van der Waals surface area contributed by atoms with Crippen LogP contribution in [0.3, 0.4) is 0 Å². The van der Waals surface area contributed by atoms with Crippen molar-refractivity contribution in [3.05, 3.63) is 287 Å². The maximum absolute atomic E-state index is 2.34. The Morgan fingerprint density at radius 2 is 0.536 bits per heavy atom. The summed E-state index contributed by atoms with van der Waals surface area (Å²) in [4.78, 5) is 0. The van der Waals surface area contributed by atoms with E-state index in [9.17, 15) is 0 Å². The van der Waals surface area contributed by atoms with Crippen LogP contribution in [0.5, 0.6) is 0 Å². The molecule has 69 heavy (non-hydrogen) atoms. The van der Waals surface area contributed by atoms with Crippen LogP contribution in [0.1, 0.15) is 159 Å². The number of benzene rings is 8. The second-order valence-corrected chi connectivity index (χ2v) is 19.6. The molecule has 0 radical (unpaired) electrons. The van der Waals surface area contributed by atoms with E-state index in [1.54, 1.807) is 0 Å².